The number of hydrogen-bond donors (Lipinski definition) is 1. The van der Waals surface area contributed by atoms with Crippen LogP contribution in [0.5, 0.6) is 0 Å². The molecular weight excluding hydrogens is 204 g/mol. The molecule has 0 aliphatic rings. The first-order valence-electron chi connectivity index (χ1n) is 4.28. The number of rotatable bonds is 3. The van der Waals surface area contributed by atoms with Crippen LogP contribution in [-0.4, -0.2) is 19.6 Å². The maximum Gasteiger partial charge on any atom is 0.337 e. The minimum absolute atomic E-state index is 0.0862. The molecule has 0 spiro atoms. The number of methoxy groups -OCH3 is 1. The maximum atomic E-state index is 13.2. The number of carbonyl (C=O) groups excluding carboxylic acids is 1. The van der Waals surface area contributed by atoms with Crippen molar-refractivity contribution in [2.24, 2.45) is 5.73 Å². The lowest BCUT2D eigenvalue weighted by Gasteiger charge is -2.14. The fraction of sp³-hybridized carbons (Fsp3) is 0.300. The second-order valence-corrected chi connectivity index (χ2v) is 2.98. The molecule has 0 saturated heterocycles. The Morgan fingerprint density at radius 2 is 2.20 bits per heavy atom. The summed E-state index contributed by atoms with van der Waals surface area (Å²) in [5, 5.41) is 0. The van der Waals surface area contributed by atoms with Crippen molar-refractivity contribution in [2.45, 2.75) is 5.92 Å². The molecule has 0 aliphatic heterocycles. The van der Waals surface area contributed by atoms with Gasteiger partial charge < -0.3 is 10.5 Å². The van der Waals surface area contributed by atoms with E-state index in [4.69, 9.17) is 5.73 Å². The van der Waals surface area contributed by atoms with E-state index in [0.29, 0.717) is 0 Å². The molecule has 2 N–H and O–H groups in total. The van der Waals surface area contributed by atoms with E-state index in [1.807, 2.05) is 0 Å². The Balaban J connectivity index is 3.08. The summed E-state index contributed by atoms with van der Waals surface area (Å²) in [6, 6.07) is 5.07. The second kappa shape index (κ2) is 4.35. The number of benzene rings is 1. The van der Waals surface area contributed by atoms with Crippen LogP contribution in [0.2, 0.25) is 0 Å². The molecule has 0 atom stereocenters. The van der Waals surface area contributed by atoms with Gasteiger partial charge in [-0.3, -0.25) is 0 Å². The summed E-state index contributed by atoms with van der Waals surface area (Å²) in [4.78, 5) is 11.1. The molecule has 0 fully saturated rings. The van der Waals surface area contributed by atoms with Gasteiger partial charge in [0.2, 0.25) is 0 Å². The van der Waals surface area contributed by atoms with Crippen LogP contribution < -0.4 is 5.73 Å². The van der Waals surface area contributed by atoms with E-state index >= 15 is 0 Å². The molecule has 15 heavy (non-hydrogen) atoms. The van der Waals surface area contributed by atoms with Crippen molar-refractivity contribution in [2.75, 3.05) is 13.7 Å². The van der Waals surface area contributed by atoms with E-state index in [1.165, 1.54) is 25.3 Å². The fourth-order valence-corrected chi connectivity index (χ4v) is 1.11. The molecule has 0 saturated carbocycles. The number of nitrogens with two attached hydrogens (primary N) is 1. The standard InChI is InChI=1S/C10H11F2NO2/c1-15-9(14)7-3-2-4-8(5-7)10(11,12)6-13/h2-5H,6,13H2,1H3. The van der Waals surface area contributed by atoms with Crippen LogP contribution in [0.1, 0.15) is 15.9 Å². The SMILES string of the molecule is COC(=O)c1cccc(C(F)(F)CN)c1. The van der Waals surface area contributed by atoms with Crippen LogP contribution in [0.4, 0.5) is 8.78 Å². The third-order valence-corrected chi connectivity index (χ3v) is 1.96. The van der Waals surface area contributed by atoms with Crippen LogP contribution in [0.25, 0.3) is 0 Å². The monoisotopic (exact) mass is 215 g/mol. The van der Waals surface area contributed by atoms with Gasteiger partial charge in [0.1, 0.15) is 0 Å². The summed E-state index contributed by atoms with van der Waals surface area (Å²) < 4.78 is 30.7. The minimum atomic E-state index is -3.12. The normalized spacial score (nSPS) is 11.2. The molecule has 0 aliphatic carbocycles. The van der Waals surface area contributed by atoms with Crippen molar-refractivity contribution in [1.82, 2.24) is 0 Å². The summed E-state index contributed by atoms with van der Waals surface area (Å²) in [5.41, 5.74) is 4.73. The lowest BCUT2D eigenvalue weighted by Crippen LogP contribution is -2.25. The summed E-state index contributed by atoms with van der Waals surface area (Å²) in [5.74, 6) is -3.77. The Bertz CT molecular complexity index is 366. The smallest absolute Gasteiger partial charge is 0.337 e. The van der Waals surface area contributed by atoms with Crippen LogP contribution in [-0.2, 0) is 10.7 Å². The lowest BCUT2D eigenvalue weighted by atomic mass is 10.1. The Labute approximate surface area is 85.8 Å². The summed E-state index contributed by atoms with van der Waals surface area (Å²) in [7, 11) is 1.19. The van der Waals surface area contributed by atoms with Crippen LogP contribution in [0.15, 0.2) is 24.3 Å². The van der Waals surface area contributed by atoms with Crippen molar-refractivity contribution in [3.8, 4) is 0 Å². The summed E-state index contributed by atoms with van der Waals surface area (Å²) >= 11 is 0. The number of alkyl halides is 2. The van der Waals surface area contributed by atoms with E-state index in [2.05, 4.69) is 4.74 Å². The Hall–Kier alpha value is -1.49. The van der Waals surface area contributed by atoms with Gasteiger partial charge in [-0.1, -0.05) is 12.1 Å². The second-order valence-electron chi connectivity index (χ2n) is 2.98. The molecule has 0 heterocycles. The first-order chi connectivity index (χ1) is 7.01. The zero-order chi connectivity index (χ0) is 11.5. The molecular formula is C10H11F2NO2. The molecule has 1 aromatic carbocycles. The maximum absolute atomic E-state index is 13.2. The van der Waals surface area contributed by atoms with Crippen molar-refractivity contribution in [1.29, 1.82) is 0 Å². The largest absolute Gasteiger partial charge is 0.465 e. The molecule has 0 amide bonds. The van der Waals surface area contributed by atoms with E-state index in [0.717, 1.165) is 6.07 Å². The Morgan fingerprint density at radius 3 is 2.73 bits per heavy atom. The van der Waals surface area contributed by atoms with Gasteiger partial charge in [-0.2, -0.15) is 8.78 Å². The third-order valence-electron chi connectivity index (χ3n) is 1.96. The quantitative estimate of drug-likeness (QED) is 0.778. The van der Waals surface area contributed by atoms with Gasteiger partial charge in [-0.25, -0.2) is 4.79 Å². The molecule has 5 heteroatoms. The highest BCUT2D eigenvalue weighted by Crippen LogP contribution is 2.27. The first-order valence-corrected chi connectivity index (χ1v) is 4.28. The number of halogens is 2. The van der Waals surface area contributed by atoms with Crippen molar-refractivity contribution >= 4 is 5.97 Å². The molecule has 0 bridgehead atoms. The zero-order valence-corrected chi connectivity index (χ0v) is 8.17. The molecule has 1 rings (SSSR count). The summed E-state index contributed by atoms with van der Waals surface area (Å²) in [6.45, 7) is -0.794. The van der Waals surface area contributed by atoms with Gasteiger partial charge in [0.25, 0.3) is 5.92 Å². The molecule has 0 unspecified atom stereocenters. The highest BCUT2D eigenvalue weighted by atomic mass is 19.3. The average Bonchev–Trinajstić information content (AvgIpc) is 2.28. The predicted molar refractivity (Wildman–Crippen MR) is 50.7 cm³/mol. The number of esters is 1. The van der Waals surface area contributed by atoms with Gasteiger partial charge in [-0.15, -0.1) is 0 Å². The number of hydrogen-bond acceptors (Lipinski definition) is 3. The van der Waals surface area contributed by atoms with E-state index in [9.17, 15) is 13.6 Å². The average molecular weight is 215 g/mol. The van der Waals surface area contributed by atoms with Crippen LogP contribution in [0, 0.1) is 0 Å². The first kappa shape index (κ1) is 11.6. The molecule has 0 radical (unpaired) electrons. The lowest BCUT2D eigenvalue weighted by molar-refractivity contribution is 0.00586. The highest BCUT2D eigenvalue weighted by molar-refractivity contribution is 5.89. The van der Waals surface area contributed by atoms with Gasteiger partial charge in [0.05, 0.1) is 19.2 Å². The van der Waals surface area contributed by atoms with Gasteiger partial charge in [0.15, 0.2) is 0 Å². The Morgan fingerprint density at radius 1 is 1.53 bits per heavy atom. The molecule has 1 aromatic rings. The minimum Gasteiger partial charge on any atom is -0.465 e. The van der Waals surface area contributed by atoms with Crippen molar-refractivity contribution in [3.63, 3.8) is 0 Å². The van der Waals surface area contributed by atoms with E-state index < -0.39 is 18.4 Å². The number of carbonyl (C=O) groups is 1. The third kappa shape index (κ3) is 2.50. The molecule has 0 aromatic heterocycles. The zero-order valence-electron chi connectivity index (χ0n) is 8.17. The highest BCUT2D eigenvalue weighted by Gasteiger charge is 2.29. The van der Waals surface area contributed by atoms with Crippen LogP contribution >= 0.6 is 0 Å². The van der Waals surface area contributed by atoms with Gasteiger partial charge in [0, 0.05) is 5.56 Å². The van der Waals surface area contributed by atoms with E-state index in [1.54, 1.807) is 0 Å². The van der Waals surface area contributed by atoms with Crippen molar-refractivity contribution in [3.05, 3.63) is 35.4 Å². The predicted octanol–water partition coefficient (Wildman–Crippen LogP) is 1.52. The van der Waals surface area contributed by atoms with Gasteiger partial charge >= 0.3 is 5.97 Å². The molecule has 3 nitrogen and oxygen atoms in total. The van der Waals surface area contributed by atoms with E-state index in [-0.39, 0.29) is 11.1 Å². The van der Waals surface area contributed by atoms with Crippen LogP contribution in [0.3, 0.4) is 0 Å². The number of ether oxygens (including phenoxy) is 1. The summed E-state index contributed by atoms with van der Waals surface area (Å²) in [6.07, 6.45) is 0. The van der Waals surface area contributed by atoms with Crippen molar-refractivity contribution < 1.29 is 18.3 Å². The molecule has 82 valence electrons. The fourth-order valence-electron chi connectivity index (χ4n) is 1.11. The topological polar surface area (TPSA) is 52.3 Å². The van der Waals surface area contributed by atoms with Gasteiger partial charge in [-0.05, 0) is 12.1 Å². The Kier molecular flexibility index (Phi) is 3.36.